The quantitative estimate of drug-likeness (QED) is 0.291. The summed E-state index contributed by atoms with van der Waals surface area (Å²) in [5.74, 6) is 0.509. The monoisotopic (exact) mass is 472 g/mol. The molecule has 5 heteroatoms. The van der Waals surface area contributed by atoms with Crippen molar-refractivity contribution in [1.82, 2.24) is 0 Å². The summed E-state index contributed by atoms with van der Waals surface area (Å²) in [6, 6.07) is 7.62. The highest BCUT2D eigenvalue weighted by Crippen LogP contribution is 2.40. The van der Waals surface area contributed by atoms with Crippen molar-refractivity contribution in [2.45, 2.75) is 59.5 Å². The molecule has 2 N–H and O–H groups in total. The fourth-order valence-electron chi connectivity index (χ4n) is 4.15. The molecule has 1 aliphatic rings. The molecule has 0 saturated heterocycles. The summed E-state index contributed by atoms with van der Waals surface area (Å²) in [6.45, 7) is 10.3. The van der Waals surface area contributed by atoms with E-state index in [1.807, 2.05) is 32.1 Å². The van der Waals surface area contributed by atoms with Gasteiger partial charge in [0, 0.05) is 11.6 Å². The number of hydrogen-bond donors (Lipinski definition) is 2. The second-order valence-electron chi connectivity index (χ2n) is 9.95. The van der Waals surface area contributed by atoms with Gasteiger partial charge in [-0.2, -0.15) is 0 Å². The van der Waals surface area contributed by atoms with Crippen molar-refractivity contribution in [2.24, 2.45) is 0 Å². The molecule has 1 aliphatic heterocycles. The highest BCUT2D eigenvalue weighted by molar-refractivity contribution is 5.91. The van der Waals surface area contributed by atoms with Gasteiger partial charge in [-0.05, 0) is 95.9 Å². The Morgan fingerprint density at radius 2 is 1.80 bits per heavy atom. The molecule has 182 valence electrons. The van der Waals surface area contributed by atoms with Gasteiger partial charge in [0.15, 0.2) is 16.9 Å². The lowest BCUT2D eigenvalue weighted by molar-refractivity contribution is 0.157. The molecule has 5 nitrogen and oxygen atoms in total. The standard InChI is InChI=1S/C30H32O5/c1-18(2)7-6-8-19(3)9-10-21-15-23-25(32)17-27(20-11-12-24(31)26(33)16-20)34-29(23)22-13-14-30(4,5)35-28(21)22/h7,9,11-17,31,33H,6,8,10H2,1-5H3. The smallest absolute Gasteiger partial charge is 0.193 e. The van der Waals surface area contributed by atoms with Crippen molar-refractivity contribution >= 4 is 17.0 Å². The average molecular weight is 473 g/mol. The van der Waals surface area contributed by atoms with Crippen LogP contribution in [0.5, 0.6) is 17.2 Å². The number of ether oxygens (including phenoxy) is 1. The van der Waals surface area contributed by atoms with E-state index in [1.165, 1.54) is 29.3 Å². The van der Waals surface area contributed by atoms with Crippen LogP contribution in [0.15, 0.2) is 68.9 Å². The summed E-state index contributed by atoms with van der Waals surface area (Å²) in [5.41, 5.74) is 4.54. The van der Waals surface area contributed by atoms with Crippen LogP contribution in [0.3, 0.4) is 0 Å². The lowest BCUT2D eigenvalue weighted by Crippen LogP contribution is -2.28. The first-order chi connectivity index (χ1) is 16.5. The van der Waals surface area contributed by atoms with Crippen LogP contribution >= 0.6 is 0 Å². The highest BCUT2D eigenvalue weighted by atomic mass is 16.5. The van der Waals surface area contributed by atoms with Gasteiger partial charge in [-0.1, -0.05) is 23.3 Å². The van der Waals surface area contributed by atoms with Crippen molar-refractivity contribution in [2.75, 3.05) is 0 Å². The van der Waals surface area contributed by atoms with Crippen molar-refractivity contribution in [3.05, 3.63) is 81.1 Å². The topological polar surface area (TPSA) is 79.9 Å². The second kappa shape index (κ2) is 9.49. The number of phenols is 2. The molecule has 2 aromatic carbocycles. The summed E-state index contributed by atoms with van der Waals surface area (Å²) in [5, 5.41) is 20.0. The van der Waals surface area contributed by atoms with Gasteiger partial charge >= 0.3 is 0 Å². The van der Waals surface area contributed by atoms with E-state index in [1.54, 1.807) is 6.07 Å². The van der Waals surface area contributed by atoms with Gasteiger partial charge in [0.1, 0.15) is 22.7 Å². The minimum absolute atomic E-state index is 0.180. The molecule has 0 spiro atoms. The molecule has 0 amide bonds. The molecule has 0 radical (unpaired) electrons. The molecule has 0 bridgehead atoms. The van der Waals surface area contributed by atoms with E-state index in [-0.39, 0.29) is 16.9 Å². The van der Waals surface area contributed by atoms with Gasteiger partial charge in [0.25, 0.3) is 0 Å². The van der Waals surface area contributed by atoms with Gasteiger partial charge in [-0.15, -0.1) is 0 Å². The van der Waals surface area contributed by atoms with Crippen molar-refractivity contribution < 1.29 is 19.4 Å². The molecular weight excluding hydrogens is 440 g/mol. The van der Waals surface area contributed by atoms with Gasteiger partial charge in [0.05, 0.1) is 10.9 Å². The Morgan fingerprint density at radius 3 is 2.51 bits per heavy atom. The van der Waals surface area contributed by atoms with Crippen LogP contribution in [0, 0.1) is 0 Å². The van der Waals surface area contributed by atoms with Crippen LogP contribution in [-0.2, 0) is 6.42 Å². The number of phenolic OH excluding ortho intramolecular Hbond substituents is 2. The van der Waals surface area contributed by atoms with E-state index in [4.69, 9.17) is 9.15 Å². The van der Waals surface area contributed by atoms with Gasteiger partial charge < -0.3 is 19.4 Å². The normalized spacial score (nSPS) is 14.5. The number of allylic oxidation sites excluding steroid dienone is 4. The molecule has 35 heavy (non-hydrogen) atoms. The lowest BCUT2D eigenvalue weighted by Gasteiger charge is -2.30. The molecule has 4 rings (SSSR count). The summed E-state index contributed by atoms with van der Waals surface area (Å²) < 4.78 is 12.6. The van der Waals surface area contributed by atoms with Crippen LogP contribution in [-0.4, -0.2) is 15.8 Å². The minimum atomic E-state index is -0.488. The molecule has 0 aliphatic carbocycles. The van der Waals surface area contributed by atoms with Gasteiger partial charge in [-0.25, -0.2) is 0 Å². The lowest BCUT2D eigenvalue weighted by atomic mass is 9.95. The molecular formula is C30H32O5. The molecule has 0 saturated carbocycles. The predicted octanol–water partition coefficient (Wildman–Crippen LogP) is 7.29. The Hall–Kier alpha value is -3.73. The molecule has 3 aromatic rings. The third kappa shape index (κ3) is 5.35. The van der Waals surface area contributed by atoms with E-state index in [0.29, 0.717) is 34.5 Å². The first-order valence-electron chi connectivity index (χ1n) is 11.9. The number of fused-ring (bicyclic) bond motifs is 3. The highest BCUT2D eigenvalue weighted by Gasteiger charge is 2.27. The third-order valence-electron chi connectivity index (χ3n) is 6.12. The fraction of sp³-hybridized carbons (Fsp3) is 0.300. The Balaban J connectivity index is 1.82. The maximum atomic E-state index is 13.2. The zero-order valence-corrected chi connectivity index (χ0v) is 20.9. The molecule has 1 aromatic heterocycles. The summed E-state index contributed by atoms with van der Waals surface area (Å²) in [4.78, 5) is 13.2. The van der Waals surface area contributed by atoms with E-state index >= 15 is 0 Å². The second-order valence-corrected chi connectivity index (χ2v) is 9.95. The van der Waals surface area contributed by atoms with E-state index < -0.39 is 5.60 Å². The van der Waals surface area contributed by atoms with Crippen LogP contribution in [0.2, 0.25) is 0 Å². The fourth-order valence-corrected chi connectivity index (χ4v) is 4.15. The number of rotatable bonds is 6. The Labute approximate surface area is 205 Å². The van der Waals surface area contributed by atoms with Crippen LogP contribution < -0.4 is 10.2 Å². The van der Waals surface area contributed by atoms with Gasteiger partial charge in [-0.3, -0.25) is 4.79 Å². The number of benzene rings is 2. The Kier molecular flexibility index (Phi) is 6.62. The average Bonchev–Trinajstić information content (AvgIpc) is 2.78. The van der Waals surface area contributed by atoms with E-state index in [9.17, 15) is 15.0 Å². The van der Waals surface area contributed by atoms with Crippen LogP contribution in [0.25, 0.3) is 28.4 Å². The Morgan fingerprint density at radius 1 is 1.03 bits per heavy atom. The first-order valence-corrected chi connectivity index (χ1v) is 11.9. The summed E-state index contributed by atoms with van der Waals surface area (Å²) in [7, 11) is 0. The van der Waals surface area contributed by atoms with Crippen LogP contribution in [0.4, 0.5) is 0 Å². The van der Waals surface area contributed by atoms with Gasteiger partial charge in [0.2, 0.25) is 0 Å². The predicted molar refractivity (Wildman–Crippen MR) is 141 cm³/mol. The third-order valence-corrected chi connectivity index (χ3v) is 6.12. The van der Waals surface area contributed by atoms with Crippen molar-refractivity contribution in [3.8, 4) is 28.6 Å². The van der Waals surface area contributed by atoms with E-state index in [2.05, 4.69) is 32.9 Å². The Bertz CT molecular complexity index is 1430. The number of hydrogen-bond acceptors (Lipinski definition) is 5. The van der Waals surface area contributed by atoms with Crippen LogP contribution in [0.1, 0.15) is 58.6 Å². The molecule has 2 heterocycles. The maximum absolute atomic E-state index is 13.2. The van der Waals surface area contributed by atoms with Crippen molar-refractivity contribution in [3.63, 3.8) is 0 Å². The molecule has 0 fully saturated rings. The zero-order valence-electron chi connectivity index (χ0n) is 20.9. The summed E-state index contributed by atoms with van der Waals surface area (Å²) >= 11 is 0. The summed E-state index contributed by atoms with van der Waals surface area (Å²) in [6.07, 6.45) is 11.0. The minimum Gasteiger partial charge on any atom is -0.504 e. The number of aromatic hydroxyl groups is 2. The SMILES string of the molecule is CC(C)=CCCC(C)=CCc1cc2c(=O)cc(-c3ccc(O)c(O)c3)oc2c2c1OC(C)(C)C=C2. The van der Waals surface area contributed by atoms with Crippen molar-refractivity contribution in [1.29, 1.82) is 0 Å². The molecule has 0 atom stereocenters. The largest absolute Gasteiger partial charge is 0.504 e. The molecule has 0 unspecified atom stereocenters. The van der Waals surface area contributed by atoms with E-state index in [0.717, 1.165) is 24.0 Å². The first kappa shape index (κ1) is 24.4. The zero-order chi connectivity index (χ0) is 25.3. The maximum Gasteiger partial charge on any atom is 0.193 e.